The van der Waals surface area contributed by atoms with E-state index in [4.69, 9.17) is 30.1 Å². The third-order valence-corrected chi connectivity index (χ3v) is 6.97. The molecule has 0 radical (unpaired) electrons. The van der Waals surface area contributed by atoms with Crippen LogP contribution in [0.2, 0.25) is 0 Å². The molecule has 0 amide bonds. The van der Waals surface area contributed by atoms with Crippen LogP contribution in [0.4, 0.5) is 10.1 Å². The minimum absolute atomic E-state index is 0.0833. The summed E-state index contributed by atoms with van der Waals surface area (Å²) >= 11 is 1.68. The van der Waals surface area contributed by atoms with Gasteiger partial charge in [-0.05, 0) is 67.8 Å². The van der Waals surface area contributed by atoms with Crippen LogP contribution in [-0.4, -0.2) is 62.6 Å². The van der Waals surface area contributed by atoms with Crippen LogP contribution < -0.4 is 25.4 Å². The standard InChI is InChI=1S/C26H33N5O4S/c1-28-26-29-23(25(36-26)31-13-17-33-18-14-31)19-5-9-21(10-6-19)34-15-3-2-4-16-35-22-11-7-20(8-12-22)24(27)30-32/h5-12,32H,2-4,13-18H2,1H3,(H2,27,30)(H,28,29). The van der Waals surface area contributed by atoms with Crippen LogP contribution in [0, 0.1) is 0 Å². The third-order valence-electron chi connectivity index (χ3n) is 5.83. The molecule has 9 nitrogen and oxygen atoms in total. The Labute approximate surface area is 215 Å². The van der Waals surface area contributed by atoms with Crippen LogP contribution in [0.3, 0.4) is 0 Å². The first-order valence-corrected chi connectivity index (χ1v) is 12.9. The number of oxime groups is 1. The van der Waals surface area contributed by atoms with Crippen LogP contribution in [-0.2, 0) is 4.74 Å². The summed E-state index contributed by atoms with van der Waals surface area (Å²) in [5, 5.41) is 17.0. The zero-order chi connectivity index (χ0) is 25.2. The Balaban J connectivity index is 1.19. The number of aromatic nitrogens is 1. The van der Waals surface area contributed by atoms with Gasteiger partial charge in [0.25, 0.3) is 0 Å². The van der Waals surface area contributed by atoms with Crippen LogP contribution in [0.5, 0.6) is 11.5 Å². The second-order valence-corrected chi connectivity index (χ2v) is 9.29. The average molecular weight is 512 g/mol. The Bertz CT molecular complexity index is 1110. The highest BCUT2D eigenvalue weighted by Crippen LogP contribution is 2.39. The van der Waals surface area contributed by atoms with E-state index < -0.39 is 0 Å². The molecular formula is C26H33N5O4S. The largest absolute Gasteiger partial charge is 0.494 e. The molecule has 3 aromatic rings. The van der Waals surface area contributed by atoms with Gasteiger partial charge in [-0.3, -0.25) is 0 Å². The Kier molecular flexibility index (Phi) is 9.23. The fraction of sp³-hybridized carbons (Fsp3) is 0.385. The molecule has 2 aromatic carbocycles. The van der Waals surface area contributed by atoms with Gasteiger partial charge < -0.3 is 35.4 Å². The number of unbranched alkanes of at least 4 members (excludes halogenated alkanes) is 2. The topological polar surface area (TPSA) is 114 Å². The molecule has 0 aliphatic carbocycles. The van der Waals surface area contributed by atoms with E-state index in [1.807, 2.05) is 31.3 Å². The highest BCUT2D eigenvalue weighted by atomic mass is 32.1. The monoisotopic (exact) mass is 511 g/mol. The number of nitrogens with one attached hydrogen (secondary N) is 1. The predicted octanol–water partition coefficient (Wildman–Crippen LogP) is 4.41. The molecule has 0 bridgehead atoms. The van der Waals surface area contributed by atoms with E-state index in [2.05, 4.69) is 27.5 Å². The highest BCUT2D eigenvalue weighted by molar-refractivity contribution is 7.20. The lowest BCUT2D eigenvalue weighted by molar-refractivity contribution is 0.123. The number of amidine groups is 1. The number of nitrogens with two attached hydrogens (primary N) is 1. The number of hydrogen-bond donors (Lipinski definition) is 3. The maximum Gasteiger partial charge on any atom is 0.184 e. The molecule has 1 fully saturated rings. The van der Waals surface area contributed by atoms with E-state index in [-0.39, 0.29) is 5.84 Å². The molecule has 1 aliphatic heterocycles. The summed E-state index contributed by atoms with van der Waals surface area (Å²) in [6, 6.07) is 15.3. The minimum atomic E-state index is 0.0833. The van der Waals surface area contributed by atoms with Gasteiger partial charge in [0, 0.05) is 31.3 Å². The van der Waals surface area contributed by atoms with Gasteiger partial charge in [0.1, 0.15) is 22.2 Å². The number of hydrogen-bond acceptors (Lipinski definition) is 9. The van der Waals surface area contributed by atoms with Crippen molar-refractivity contribution in [3.63, 3.8) is 0 Å². The lowest BCUT2D eigenvalue weighted by Gasteiger charge is -2.28. The van der Waals surface area contributed by atoms with E-state index >= 15 is 0 Å². The zero-order valence-corrected chi connectivity index (χ0v) is 21.3. The summed E-state index contributed by atoms with van der Waals surface area (Å²) in [5.41, 5.74) is 8.30. The maximum atomic E-state index is 8.71. The summed E-state index contributed by atoms with van der Waals surface area (Å²) in [6.07, 6.45) is 2.90. The molecule has 10 heteroatoms. The number of morpholine rings is 1. The van der Waals surface area contributed by atoms with Gasteiger partial charge in [-0.15, -0.1) is 0 Å². The summed E-state index contributed by atoms with van der Waals surface area (Å²) in [6.45, 7) is 4.54. The van der Waals surface area contributed by atoms with Crippen molar-refractivity contribution < 1.29 is 19.4 Å². The summed E-state index contributed by atoms with van der Waals surface area (Å²) < 4.78 is 17.2. The Morgan fingerprint density at radius 2 is 1.64 bits per heavy atom. The normalized spacial score (nSPS) is 14.0. The van der Waals surface area contributed by atoms with E-state index in [0.717, 1.165) is 73.5 Å². The molecule has 4 rings (SSSR count). The average Bonchev–Trinajstić information content (AvgIpc) is 3.38. The minimum Gasteiger partial charge on any atom is -0.494 e. The molecule has 0 spiro atoms. The maximum absolute atomic E-state index is 8.71. The van der Waals surface area contributed by atoms with Crippen LogP contribution in [0.25, 0.3) is 11.3 Å². The number of rotatable bonds is 12. The molecule has 2 heterocycles. The van der Waals surface area contributed by atoms with Crippen molar-refractivity contribution in [2.75, 3.05) is 56.8 Å². The fourth-order valence-electron chi connectivity index (χ4n) is 3.84. The fourth-order valence-corrected chi connectivity index (χ4v) is 4.83. The SMILES string of the molecule is CNc1nc(-c2ccc(OCCCCCOc3ccc(/C(N)=N\O)cc3)cc2)c(N2CCOCC2)s1. The van der Waals surface area contributed by atoms with Gasteiger partial charge in [-0.2, -0.15) is 0 Å². The number of anilines is 2. The number of thiazole rings is 1. The van der Waals surface area contributed by atoms with Crippen LogP contribution in [0.15, 0.2) is 53.7 Å². The lowest BCUT2D eigenvalue weighted by Crippen LogP contribution is -2.35. The van der Waals surface area contributed by atoms with Gasteiger partial charge in [-0.25, -0.2) is 4.98 Å². The van der Waals surface area contributed by atoms with E-state index in [1.165, 1.54) is 5.00 Å². The smallest absolute Gasteiger partial charge is 0.184 e. The number of benzene rings is 2. The van der Waals surface area contributed by atoms with E-state index in [1.54, 1.807) is 23.5 Å². The van der Waals surface area contributed by atoms with Gasteiger partial charge in [-0.1, -0.05) is 16.5 Å². The molecule has 1 saturated heterocycles. The van der Waals surface area contributed by atoms with Crippen molar-refractivity contribution >= 4 is 27.3 Å². The van der Waals surface area contributed by atoms with Crippen LogP contribution in [0.1, 0.15) is 24.8 Å². The van der Waals surface area contributed by atoms with Gasteiger partial charge in [0.05, 0.1) is 26.4 Å². The summed E-state index contributed by atoms with van der Waals surface area (Å²) in [4.78, 5) is 7.15. The Morgan fingerprint density at radius 3 is 2.22 bits per heavy atom. The van der Waals surface area contributed by atoms with Crippen molar-refractivity contribution in [2.45, 2.75) is 19.3 Å². The quantitative estimate of drug-likeness (QED) is 0.108. The molecule has 1 aromatic heterocycles. The summed E-state index contributed by atoms with van der Waals surface area (Å²) in [7, 11) is 1.90. The number of nitrogens with zero attached hydrogens (tertiary/aromatic N) is 3. The number of ether oxygens (including phenoxy) is 3. The van der Waals surface area contributed by atoms with Crippen molar-refractivity contribution in [3.8, 4) is 22.8 Å². The highest BCUT2D eigenvalue weighted by Gasteiger charge is 2.20. The second kappa shape index (κ2) is 13.0. The van der Waals surface area contributed by atoms with Crippen molar-refractivity contribution in [1.29, 1.82) is 0 Å². The lowest BCUT2D eigenvalue weighted by atomic mass is 10.1. The molecule has 36 heavy (non-hydrogen) atoms. The molecule has 4 N–H and O–H groups in total. The molecular weight excluding hydrogens is 478 g/mol. The molecule has 0 unspecified atom stereocenters. The second-order valence-electron chi connectivity index (χ2n) is 8.31. The predicted molar refractivity (Wildman–Crippen MR) is 144 cm³/mol. The molecule has 0 saturated carbocycles. The third kappa shape index (κ3) is 6.79. The van der Waals surface area contributed by atoms with E-state index in [9.17, 15) is 0 Å². The van der Waals surface area contributed by atoms with Crippen molar-refractivity contribution in [1.82, 2.24) is 4.98 Å². The molecule has 0 atom stereocenters. The van der Waals surface area contributed by atoms with Gasteiger partial charge in [0.2, 0.25) is 0 Å². The molecule has 1 aliphatic rings. The Morgan fingerprint density at radius 1 is 1.03 bits per heavy atom. The first-order valence-electron chi connectivity index (χ1n) is 12.1. The summed E-state index contributed by atoms with van der Waals surface area (Å²) in [5.74, 6) is 1.71. The molecule has 192 valence electrons. The van der Waals surface area contributed by atoms with Crippen LogP contribution >= 0.6 is 11.3 Å². The Hall–Kier alpha value is -3.50. The van der Waals surface area contributed by atoms with E-state index in [0.29, 0.717) is 18.8 Å². The van der Waals surface area contributed by atoms with Gasteiger partial charge >= 0.3 is 0 Å². The zero-order valence-electron chi connectivity index (χ0n) is 20.5. The first-order chi connectivity index (χ1) is 17.7. The first kappa shape index (κ1) is 25.6. The van der Waals surface area contributed by atoms with Crippen molar-refractivity contribution in [2.24, 2.45) is 10.9 Å². The van der Waals surface area contributed by atoms with Gasteiger partial charge in [0.15, 0.2) is 11.0 Å². The van der Waals surface area contributed by atoms with Crippen molar-refractivity contribution in [3.05, 3.63) is 54.1 Å².